The molecule has 1 aromatic carbocycles. The van der Waals surface area contributed by atoms with E-state index in [1.165, 1.54) is 0 Å². The molecule has 1 aromatic rings. The summed E-state index contributed by atoms with van der Waals surface area (Å²) < 4.78 is 50.1. The molecular weight excluding hydrogens is 527 g/mol. The highest BCUT2D eigenvalue weighted by Gasteiger charge is 2.28. The number of sulfone groups is 1. The zero-order chi connectivity index (χ0) is 20.2. The van der Waals surface area contributed by atoms with E-state index >= 15 is 0 Å². The Morgan fingerprint density at radius 2 is 1.83 bits per heavy atom. The van der Waals surface area contributed by atoms with Crippen molar-refractivity contribution in [3.8, 4) is 0 Å². The molecule has 2 N–H and O–H groups in total. The molecule has 2 aliphatic rings. The van der Waals surface area contributed by atoms with Crippen LogP contribution in [0.3, 0.4) is 0 Å². The van der Waals surface area contributed by atoms with E-state index in [-0.39, 0.29) is 41.5 Å². The number of halogens is 1. The largest absolute Gasteiger partial charge is 0.353 e. The predicted octanol–water partition coefficient (Wildman–Crippen LogP) is 1.33. The third kappa shape index (κ3) is 6.53. The van der Waals surface area contributed by atoms with E-state index in [2.05, 4.69) is 15.6 Å². The van der Waals surface area contributed by atoms with Crippen molar-refractivity contribution in [1.82, 2.24) is 14.9 Å². The smallest absolute Gasteiger partial charge is 0.243 e. The van der Waals surface area contributed by atoms with Gasteiger partial charge in [0.1, 0.15) is 0 Å². The predicted molar refractivity (Wildman–Crippen MR) is 125 cm³/mol. The van der Waals surface area contributed by atoms with Gasteiger partial charge in [-0.3, -0.25) is 4.99 Å². The van der Waals surface area contributed by atoms with Gasteiger partial charge in [-0.15, -0.1) is 24.0 Å². The van der Waals surface area contributed by atoms with Gasteiger partial charge in [-0.1, -0.05) is 18.6 Å². The molecule has 1 unspecified atom stereocenters. The molecule has 8 nitrogen and oxygen atoms in total. The minimum atomic E-state index is -3.42. The van der Waals surface area contributed by atoms with Gasteiger partial charge in [0, 0.05) is 32.7 Å². The third-order valence-electron chi connectivity index (χ3n) is 5.13. The fraction of sp³-hybridized carbons (Fsp3) is 0.611. The highest BCUT2D eigenvalue weighted by Crippen LogP contribution is 2.20. The fourth-order valence-electron chi connectivity index (χ4n) is 3.52. The highest BCUT2D eigenvalue weighted by molar-refractivity contribution is 14.0. The summed E-state index contributed by atoms with van der Waals surface area (Å²) in [5.41, 5.74) is 0.916. The molecule has 0 spiro atoms. The molecule has 2 aliphatic heterocycles. The van der Waals surface area contributed by atoms with Crippen LogP contribution in [0.2, 0.25) is 0 Å². The van der Waals surface area contributed by atoms with Crippen LogP contribution >= 0.6 is 24.0 Å². The first-order chi connectivity index (χ1) is 13.3. The van der Waals surface area contributed by atoms with Gasteiger partial charge in [0.05, 0.1) is 16.4 Å². The van der Waals surface area contributed by atoms with Gasteiger partial charge in [0.25, 0.3) is 0 Å². The van der Waals surface area contributed by atoms with Crippen LogP contribution in [0, 0.1) is 0 Å². The van der Waals surface area contributed by atoms with E-state index in [0.29, 0.717) is 36.9 Å². The van der Waals surface area contributed by atoms with Gasteiger partial charge >= 0.3 is 0 Å². The van der Waals surface area contributed by atoms with Crippen LogP contribution in [-0.4, -0.2) is 64.8 Å². The summed E-state index contributed by atoms with van der Waals surface area (Å²) in [7, 11) is -4.74. The Balaban J connectivity index is 0.00000300. The van der Waals surface area contributed by atoms with Crippen LogP contribution in [0.25, 0.3) is 0 Å². The number of aliphatic imine (C=N–C) groups is 1. The van der Waals surface area contributed by atoms with Crippen LogP contribution in [0.5, 0.6) is 0 Å². The zero-order valence-corrected chi connectivity index (χ0v) is 20.5. The van der Waals surface area contributed by atoms with E-state index in [1.54, 1.807) is 35.6 Å². The first-order valence-electron chi connectivity index (χ1n) is 9.57. The summed E-state index contributed by atoms with van der Waals surface area (Å²) in [4.78, 5) is 4.45. The topological polar surface area (TPSA) is 108 Å². The Hall–Kier alpha value is -0.920. The summed E-state index contributed by atoms with van der Waals surface area (Å²) in [6, 6.07) is 6.73. The monoisotopic (exact) mass is 556 g/mol. The molecule has 0 saturated carbocycles. The Kier molecular flexibility index (Phi) is 8.73. The first-order valence-corrected chi connectivity index (χ1v) is 12.8. The molecule has 0 amide bonds. The van der Waals surface area contributed by atoms with Crippen LogP contribution in [0.1, 0.15) is 31.2 Å². The number of nitrogens with one attached hydrogen (secondary N) is 2. The number of guanidine groups is 1. The molecule has 0 bridgehead atoms. The maximum absolute atomic E-state index is 12.7. The van der Waals surface area contributed by atoms with E-state index < -0.39 is 19.9 Å². The average molecular weight is 556 g/mol. The Bertz CT molecular complexity index is 912. The van der Waals surface area contributed by atoms with Gasteiger partial charge in [-0.25, -0.2) is 16.8 Å². The van der Waals surface area contributed by atoms with Crippen molar-refractivity contribution in [3.63, 3.8) is 0 Å². The molecular formula is C18H29IN4O4S2. The van der Waals surface area contributed by atoms with E-state index in [0.717, 1.165) is 24.8 Å². The molecule has 11 heteroatoms. The molecule has 29 heavy (non-hydrogen) atoms. The Labute approximate surface area is 190 Å². The van der Waals surface area contributed by atoms with Crippen molar-refractivity contribution in [2.75, 3.05) is 31.6 Å². The molecule has 164 valence electrons. The van der Waals surface area contributed by atoms with Crippen molar-refractivity contribution < 1.29 is 16.8 Å². The van der Waals surface area contributed by atoms with E-state index in [9.17, 15) is 16.8 Å². The molecule has 0 radical (unpaired) electrons. The molecule has 0 aromatic heterocycles. The number of hydrogen-bond acceptors (Lipinski definition) is 5. The number of piperidine rings is 1. The second kappa shape index (κ2) is 10.4. The van der Waals surface area contributed by atoms with Crippen LogP contribution < -0.4 is 10.6 Å². The number of hydrogen-bond donors (Lipinski definition) is 2. The molecule has 0 aliphatic carbocycles. The van der Waals surface area contributed by atoms with Crippen LogP contribution in [-0.2, 0) is 26.4 Å². The normalized spacial score (nSPS) is 22.7. The summed E-state index contributed by atoms with van der Waals surface area (Å²) in [6.07, 6.45) is 3.48. The Morgan fingerprint density at radius 1 is 1.17 bits per heavy atom. The SMILES string of the molecule is CN=C(NCc1ccc(S(=O)(=O)N2CCCCC2)cc1)NC1CCS(=O)(=O)C1.I. The van der Waals surface area contributed by atoms with Gasteiger partial charge in [0.15, 0.2) is 15.8 Å². The first kappa shape index (κ1) is 24.4. The Morgan fingerprint density at radius 3 is 2.38 bits per heavy atom. The second-order valence-electron chi connectivity index (χ2n) is 7.28. The minimum Gasteiger partial charge on any atom is -0.353 e. The minimum absolute atomic E-state index is 0. The molecule has 3 rings (SSSR count). The highest BCUT2D eigenvalue weighted by atomic mass is 127. The van der Waals surface area contributed by atoms with E-state index in [1.807, 2.05) is 0 Å². The molecule has 2 saturated heterocycles. The van der Waals surface area contributed by atoms with Crippen molar-refractivity contribution >= 4 is 49.8 Å². The number of sulfonamides is 1. The van der Waals surface area contributed by atoms with Crippen LogP contribution in [0.15, 0.2) is 34.2 Å². The zero-order valence-electron chi connectivity index (χ0n) is 16.5. The van der Waals surface area contributed by atoms with E-state index in [4.69, 9.17) is 0 Å². The number of rotatable bonds is 5. The summed E-state index contributed by atoms with van der Waals surface area (Å²) in [5, 5.41) is 6.27. The lowest BCUT2D eigenvalue weighted by molar-refractivity contribution is 0.346. The maximum Gasteiger partial charge on any atom is 0.243 e. The summed E-state index contributed by atoms with van der Waals surface area (Å²) in [6.45, 7) is 1.64. The lowest BCUT2D eigenvalue weighted by Gasteiger charge is -2.25. The quantitative estimate of drug-likeness (QED) is 0.322. The second-order valence-corrected chi connectivity index (χ2v) is 11.4. The molecule has 1 atom stereocenters. The number of nitrogens with zero attached hydrogens (tertiary/aromatic N) is 2. The summed E-state index contributed by atoms with van der Waals surface area (Å²) >= 11 is 0. The maximum atomic E-state index is 12.7. The van der Waals surface area contributed by atoms with Crippen molar-refractivity contribution in [3.05, 3.63) is 29.8 Å². The third-order valence-corrected chi connectivity index (χ3v) is 8.81. The fourth-order valence-corrected chi connectivity index (χ4v) is 6.71. The standard InChI is InChI=1S/C18H28N4O4S2.HI/c1-19-18(21-16-9-12-27(23,24)14-16)20-13-15-5-7-17(8-6-15)28(25,26)22-10-3-2-4-11-22;/h5-8,16H,2-4,9-14H2,1H3,(H2,19,20,21);1H. The lowest BCUT2D eigenvalue weighted by atomic mass is 10.2. The molecule has 2 fully saturated rings. The van der Waals surface area contributed by atoms with Crippen molar-refractivity contribution in [1.29, 1.82) is 0 Å². The van der Waals surface area contributed by atoms with Gasteiger partial charge < -0.3 is 10.6 Å². The van der Waals surface area contributed by atoms with Crippen LogP contribution in [0.4, 0.5) is 0 Å². The van der Waals surface area contributed by atoms with Gasteiger partial charge in [-0.05, 0) is 37.0 Å². The summed E-state index contributed by atoms with van der Waals surface area (Å²) in [5.74, 6) is 0.859. The van der Waals surface area contributed by atoms with Gasteiger partial charge in [-0.2, -0.15) is 4.31 Å². The number of benzene rings is 1. The van der Waals surface area contributed by atoms with Crippen molar-refractivity contribution in [2.45, 2.75) is 43.2 Å². The van der Waals surface area contributed by atoms with Crippen molar-refractivity contribution in [2.24, 2.45) is 4.99 Å². The molecule has 2 heterocycles. The lowest BCUT2D eigenvalue weighted by Crippen LogP contribution is -2.43. The average Bonchev–Trinajstić information content (AvgIpc) is 3.04. The van der Waals surface area contributed by atoms with Gasteiger partial charge in [0.2, 0.25) is 10.0 Å².